The van der Waals surface area contributed by atoms with Gasteiger partial charge in [0, 0.05) is 62.5 Å². The summed E-state index contributed by atoms with van der Waals surface area (Å²) < 4.78 is 11.6. The first-order valence-corrected chi connectivity index (χ1v) is 16.0. The van der Waals surface area contributed by atoms with Gasteiger partial charge in [0.25, 0.3) is 0 Å². The van der Waals surface area contributed by atoms with E-state index in [1.165, 1.54) is 10.5 Å². The Balaban J connectivity index is 1.31. The second-order valence-electron chi connectivity index (χ2n) is 11.5. The van der Waals surface area contributed by atoms with Gasteiger partial charge in [-0.3, -0.25) is 4.90 Å². The monoisotopic (exact) mass is 663 g/mol. The highest BCUT2D eigenvalue weighted by Gasteiger charge is 2.20. The Morgan fingerprint density at radius 3 is 2.48 bits per heavy atom. The predicted molar refractivity (Wildman–Crippen MR) is 184 cm³/mol. The van der Waals surface area contributed by atoms with E-state index in [0.29, 0.717) is 39.6 Å². The lowest BCUT2D eigenvalue weighted by atomic mass is 9.97. The molecule has 1 N–H and O–H groups in total. The number of nitrogens with zero attached hydrogens (tertiary/aromatic N) is 6. The average molecular weight is 665 g/mol. The van der Waals surface area contributed by atoms with E-state index in [1.807, 2.05) is 25.1 Å². The highest BCUT2D eigenvalue weighted by molar-refractivity contribution is 6.35. The van der Waals surface area contributed by atoms with Gasteiger partial charge in [-0.15, -0.1) is 0 Å². The number of halogens is 2. The zero-order valence-electron chi connectivity index (χ0n) is 26.8. The Morgan fingerprint density at radius 1 is 0.957 bits per heavy atom. The third-order valence-electron chi connectivity index (χ3n) is 8.23. The van der Waals surface area contributed by atoms with E-state index < -0.39 is 6.09 Å². The van der Waals surface area contributed by atoms with Crippen LogP contribution in [0.2, 0.25) is 10.0 Å². The van der Waals surface area contributed by atoms with Crippen LogP contribution in [-0.4, -0.2) is 84.3 Å². The minimum Gasteiger partial charge on any atom is -0.478 e. The normalized spacial score (nSPS) is 13.8. The molecule has 1 fully saturated rings. The molecule has 0 spiro atoms. The number of ether oxygens (including phenoxy) is 2. The summed E-state index contributed by atoms with van der Waals surface area (Å²) in [6.45, 7) is 12.2. The van der Waals surface area contributed by atoms with E-state index in [2.05, 4.69) is 46.0 Å². The minimum absolute atomic E-state index is 0.0633. The van der Waals surface area contributed by atoms with Gasteiger partial charge in [-0.1, -0.05) is 35.3 Å². The van der Waals surface area contributed by atoms with Crippen LogP contribution in [0.5, 0.6) is 11.8 Å². The molecular formula is C34H39Cl2N7O3. The number of likely N-dealkylation sites (N-methyl/N-ethyl adjacent to an activating group) is 1. The summed E-state index contributed by atoms with van der Waals surface area (Å²) in [5.41, 5.74) is 5.95. The number of aromatic nitrogens is 3. The van der Waals surface area contributed by atoms with Crippen molar-refractivity contribution in [3.63, 3.8) is 0 Å². The Kier molecular flexibility index (Phi) is 11.0. The Morgan fingerprint density at radius 2 is 1.74 bits per heavy atom. The Bertz CT molecular complexity index is 1680. The molecule has 0 bridgehead atoms. The van der Waals surface area contributed by atoms with E-state index in [1.54, 1.807) is 43.6 Å². The topological polar surface area (TPSA) is 95.9 Å². The zero-order chi connectivity index (χ0) is 32.8. The van der Waals surface area contributed by atoms with Gasteiger partial charge in [0.15, 0.2) is 0 Å². The lowest BCUT2D eigenvalue weighted by Gasteiger charge is -2.32. The van der Waals surface area contributed by atoms with Gasteiger partial charge in [0.2, 0.25) is 17.7 Å². The first kappa shape index (κ1) is 33.4. The van der Waals surface area contributed by atoms with Crippen LogP contribution >= 0.6 is 23.2 Å². The Labute approximate surface area is 280 Å². The predicted octanol–water partition coefficient (Wildman–Crippen LogP) is 7.17. The molecule has 0 saturated carbocycles. The summed E-state index contributed by atoms with van der Waals surface area (Å²) >= 11 is 12.5. The second kappa shape index (κ2) is 15.1. The first-order valence-electron chi connectivity index (χ1n) is 15.2. The number of carbonyl (C=O) groups excluding carboxylic acids is 1. The number of hydrogen-bond acceptors (Lipinski definition) is 9. The molecule has 5 rings (SSSR count). The van der Waals surface area contributed by atoms with Crippen molar-refractivity contribution in [2.24, 2.45) is 0 Å². The van der Waals surface area contributed by atoms with Gasteiger partial charge < -0.3 is 24.6 Å². The van der Waals surface area contributed by atoms with Crippen molar-refractivity contribution in [3.8, 4) is 23.0 Å². The van der Waals surface area contributed by atoms with Gasteiger partial charge in [0.05, 0.1) is 34.9 Å². The molecule has 1 amide bonds. The quantitative estimate of drug-likeness (QED) is 0.177. The van der Waals surface area contributed by atoms with Crippen molar-refractivity contribution in [3.05, 3.63) is 81.5 Å². The number of anilines is 3. The van der Waals surface area contributed by atoms with Gasteiger partial charge in [-0.05, 0) is 75.2 Å². The molecule has 1 aliphatic heterocycles. The molecule has 3 heterocycles. The third kappa shape index (κ3) is 8.44. The van der Waals surface area contributed by atoms with E-state index in [9.17, 15) is 4.79 Å². The van der Waals surface area contributed by atoms with Crippen molar-refractivity contribution >= 4 is 46.6 Å². The van der Waals surface area contributed by atoms with Crippen LogP contribution < -0.4 is 19.7 Å². The van der Waals surface area contributed by atoms with Crippen molar-refractivity contribution < 1.29 is 14.3 Å². The van der Waals surface area contributed by atoms with Crippen molar-refractivity contribution in [2.45, 2.75) is 27.2 Å². The highest BCUT2D eigenvalue weighted by atomic mass is 35.5. The molecule has 2 aromatic carbocycles. The van der Waals surface area contributed by atoms with Crippen LogP contribution in [0.15, 0.2) is 54.7 Å². The molecule has 46 heavy (non-hydrogen) atoms. The third-order valence-corrected chi connectivity index (χ3v) is 8.78. The number of amides is 1. The smallest absolute Gasteiger partial charge is 0.420 e. The lowest BCUT2D eigenvalue weighted by molar-refractivity contribution is 0.145. The SMILES string of the molecule is Cc1ccc(-c2cc(OC(=O)N(C)c3cc(Cl)ccc3Cl)nc(Nc3ccc(OCCCN4CCN(C)CC4)nc3)n2)c(C)c1C. The molecule has 1 aliphatic rings. The number of piperazine rings is 1. The molecule has 10 nitrogen and oxygen atoms in total. The number of nitrogens with one attached hydrogen (secondary N) is 1. The lowest BCUT2D eigenvalue weighted by Crippen LogP contribution is -2.44. The second-order valence-corrected chi connectivity index (χ2v) is 12.3. The van der Waals surface area contributed by atoms with Crippen molar-refractivity contribution in [1.82, 2.24) is 24.8 Å². The fourth-order valence-corrected chi connectivity index (χ4v) is 5.52. The van der Waals surface area contributed by atoms with Crippen LogP contribution in [-0.2, 0) is 0 Å². The largest absolute Gasteiger partial charge is 0.478 e. The van der Waals surface area contributed by atoms with E-state index >= 15 is 0 Å². The van der Waals surface area contributed by atoms with E-state index in [4.69, 9.17) is 37.7 Å². The van der Waals surface area contributed by atoms with Gasteiger partial charge in [0.1, 0.15) is 0 Å². The van der Waals surface area contributed by atoms with Crippen LogP contribution in [0.1, 0.15) is 23.1 Å². The van der Waals surface area contributed by atoms with Crippen LogP contribution in [0.25, 0.3) is 11.3 Å². The average Bonchev–Trinajstić information content (AvgIpc) is 3.04. The first-order chi connectivity index (χ1) is 22.1. The van der Waals surface area contributed by atoms with Crippen molar-refractivity contribution in [2.75, 3.05) is 63.6 Å². The summed E-state index contributed by atoms with van der Waals surface area (Å²) in [5.74, 6) is 0.846. The van der Waals surface area contributed by atoms with Gasteiger partial charge in [-0.25, -0.2) is 14.8 Å². The van der Waals surface area contributed by atoms with Gasteiger partial charge in [-0.2, -0.15) is 4.98 Å². The minimum atomic E-state index is -0.688. The maximum atomic E-state index is 13.2. The standard InChI is InChI=1S/C34H39Cl2N7O3/c1-22-7-10-27(24(3)23(22)2)29-20-32(46-34(44)42(5)30-19-25(35)8-11-28(30)36)40-33(39-29)38-26-9-12-31(37-21-26)45-18-6-13-43-16-14-41(4)15-17-43/h7-12,19-21H,6,13-18H2,1-5H3,(H,38,39,40). The molecule has 242 valence electrons. The van der Waals surface area contributed by atoms with E-state index in [-0.39, 0.29) is 11.8 Å². The molecule has 2 aromatic heterocycles. The van der Waals surface area contributed by atoms with E-state index in [0.717, 1.165) is 55.8 Å². The number of carbonyl (C=O) groups is 1. The summed E-state index contributed by atoms with van der Waals surface area (Å²) in [7, 11) is 3.71. The fraction of sp³-hybridized carbons (Fsp3) is 0.353. The van der Waals surface area contributed by atoms with Gasteiger partial charge >= 0.3 is 6.09 Å². The molecule has 0 radical (unpaired) electrons. The number of pyridine rings is 1. The number of aryl methyl sites for hydroxylation is 1. The molecule has 1 saturated heterocycles. The Hall–Kier alpha value is -3.96. The number of hydrogen-bond donors (Lipinski definition) is 1. The number of rotatable bonds is 10. The molecule has 0 aliphatic carbocycles. The van der Waals surface area contributed by atoms with Crippen molar-refractivity contribution in [1.29, 1.82) is 0 Å². The summed E-state index contributed by atoms with van der Waals surface area (Å²) in [6.07, 6.45) is 1.91. The fourth-order valence-electron chi connectivity index (χ4n) is 5.11. The number of benzene rings is 2. The maximum absolute atomic E-state index is 13.2. The van der Waals surface area contributed by atoms with Crippen LogP contribution in [0.3, 0.4) is 0 Å². The zero-order valence-corrected chi connectivity index (χ0v) is 28.3. The summed E-state index contributed by atoms with van der Waals surface area (Å²) in [5, 5.41) is 3.99. The highest BCUT2D eigenvalue weighted by Crippen LogP contribution is 2.31. The molecular weight excluding hydrogens is 625 g/mol. The molecule has 12 heteroatoms. The molecule has 0 atom stereocenters. The summed E-state index contributed by atoms with van der Waals surface area (Å²) in [4.78, 5) is 33.0. The van der Waals surface area contributed by atoms with Crippen LogP contribution in [0.4, 0.5) is 22.1 Å². The van der Waals surface area contributed by atoms with Crippen LogP contribution in [0, 0.1) is 20.8 Å². The summed E-state index contributed by atoms with van der Waals surface area (Å²) in [6, 6.07) is 14.2. The maximum Gasteiger partial charge on any atom is 0.420 e. The molecule has 0 unspecified atom stereocenters. The molecule has 4 aromatic rings.